The Hall–Kier alpha value is -4.37. The predicted molar refractivity (Wildman–Crippen MR) is 136 cm³/mol. The highest BCUT2D eigenvalue weighted by molar-refractivity contribution is 7.00. The Labute approximate surface area is 200 Å². The fourth-order valence-corrected chi connectivity index (χ4v) is 3.88. The number of amides is 1. The number of nitrogens with one attached hydrogen (secondary N) is 3. The Morgan fingerprint density at radius 1 is 0.735 bits per heavy atom. The van der Waals surface area contributed by atoms with Crippen molar-refractivity contribution in [3.8, 4) is 0 Å². The second-order valence-corrected chi connectivity index (χ2v) is 8.36. The molecule has 34 heavy (non-hydrogen) atoms. The summed E-state index contributed by atoms with van der Waals surface area (Å²) < 4.78 is 8.35. The number of carbonyl (C=O) groups excluding carboxylic acids is 1. The number of nitrogens with zero attached hydrogens (tertiary/aromatic N) is 4. The van der Waals surface area contributed by atoms with E-state index >= 15 is 0 Å². The first-order chi connectivity index (χ1) is 16.5. The molecule has 0 aliphatic rings. The maximum atomic E-state index is 12.6. The van der Waals surface area contributed by atoms with Gasteiger partial charge < -0.3 is 16.0 Å². The summed E-state index contributed by atoms with van der Waals surface area (Å²) in [6.07, 6.45) is 0. The molecule has 2 aromatic heterocycles. The summed E-state index contributed by atoms with van der Waals surface area (Å²) in [5.74, 6) is 0.987. The average Bonchev–Trinajstić information content (AvgIpc) is 3.29. The van der Waals surface area contributed by atoms with Gasteiger partial charge in [-0.2, -0.15) is 13.7 Å². The van der Waals surface area contributed by atoms with Gasteiger partial charge in [0.05, 0.1) is 11.7 Å². The fourth-order valence-electron chi connectivity index (χ4n) is 3.37. The van der Waals surface area contributed by atoms with Gasteiger partial charge in [0.25, 0.3) is 5.91 Å². The predicted octanol–water partition coefficient (Wildman–Crippen LogP) is 5.84. The number of benzene rings is 3. The minimum atomic E-state index is -0.200. The molecule has 3 aromatic carbocycles. The summed E-state index contributed by atoms with van der Waals surface area (Å²) in [6.45, 7) is 3.97. The first-order valence-corrected chi connectivity index (χ1v) is 11.3. The molecule has 168 valence electrons. The lowest BCUT2D eigenvalue weighted by molar-refractivity contribution is 0.102. The van der Waals surface area contributed by atoms with Crippen LogP contribution >= 0.6 is 11.7 Å². The number of anilines is 5. The molecule has 5 aromatic rings. The Balaban J connectivity index is 1.26. The molecule has 8 nitrogen and oxygen atoms in total. The zero-order valence-corrected chi connectivity index (χ0v) is 19.4. The van der Waals surface area contributed by atoms with Crippen molar-refractivity contribution in [1.29, 1.82) is 0 Å². The molecule has 0 bridgehead atoms. The summed E-state index contributed by atoms with van der Waals surface area (Å²) in [4.78, 5) is 21.6. The SMILES string of the molecule is Cc1ccc(Nc2nc(C)cc(Nc3ccc(NC(=O)c4ccc5nsnc5c4)cc3)n2)cc1. The number of aromatic nitrogens is 4. The van der Waals surface area contributed by atoms with Crippen LogP contribution in [0.2, 0.25) is 0 Å². The van der Waals surface area contributed by atoms with Gasteiger partial charge in [0.2, 0.25) is 5.95 Å². The van der Waals surface area contributed by atoms with Crippen molar-refractivity contribution >= 4 is 57.5 Å². The molecule has 0 atom stereocenters. The molecule has 0 spiro atoms. The average molecular weight is 468 g/mol. The molecule has 0 saturated carbocycles. The molecule has 0 radical (unpaired) electrons. The molecule has 2 heterocycles. The zero-order valence-electron chi connectivity index (χ0n) is 18.5. The topological polar surface area (TPSA) is 105 Å². The van der Waals surface area contributed by atoms with Crippen molar-refractivity contribution in [3.05, 3.63) is 89.6 Å². The van der Waals surface area contributed by atoms with E-state index in [9.17, 15) is 4.79 Å². The van der Waals surface area contributed by atoms with Crippen molar-refractivity contribution in [2.75, 3.05) is 16.0 Å². The van der Waals surface area contributed by atoms with Gasteiger partial charge in [0.1, 0.15) is 16.9 Å². The van der Waals surface area contributed by atoms with Crippen molar-refractivity contribution in [2.45, 2.75) is 13.8 Å². The van der Waals surface area contributed by atoms with Gasteiger partial charge in [0.15, 0.2) is 0 Å². The highest BCUT2D eigenvalue weighted by Crippen LogP contribution is 2.22. The maximum absolute atomic E-state index is 12.6. The van der Waals surface area contributed by atoms with E-state index in [4.69, 9.17) is 0 Å². The van der Waals surface area contributed by atoms with Gasteiger partial charge in [-0.05, 0) is 68.4 Å². The second-order valence-electron chi connectivity index (χ2n) is 7.83. The second kappa shape index (κ2) is 9.24. The van der Waals surface area contributed by atoms with Crippen LogP contribution in [0, 0.1) is 13.8 Å². The molecule has 0 aliphatic carbocycles. The van der Waals surface area contributed by atoms with Crippen LogP contribution in [-0.4, -0.2) is 24.6 Å². The fraction of sp³-hybridized carbons (Fsp3) is 0.0800. The molecule has 0 unspecified atom stereocenters. The lowest BCUT2D eigenvalue weighted by atomic mass is 10.2. The molecule has 0 aliphatic heterocycles. The summed E-state index contributed by atoms with van der Waals surface area (Å²) >= 11 is 1.13. The van der Waals surface area contributed by atoms with E-state index < -0.39 is 0 Å². The van der Waals surface area contributed by atoms with Crippen molar-refractivity contribution < 1.29 is 4.79 Å². The van der Waals surface area contributed by atoms with Crippen LogP contribution in [0.1, 0.15) is 21.6 Å². The third kappa shape index (κ3) is 5.00. The van der Waals surface area contributed by atoms with Crippen LogP contribution in [0.4, 0.5) is 28.8 Å². The van der Waals surface area contributed by atoms with Crippen molar-refractivity contribution in [3.63, 3.8) is 0 Å². The first-order valence-electron chi connectivity index (χ1n) is 10.6. The normalized spacial score (nSPS) is 10.8. The summed E-state index contributed by atoms with van der Waals surface area (Å²) in [5.41, 5.74) is 6.52. The third-order valence-corrected chi connectivity index (χ3v) is 5.65. The van der Waals surface area contributed by atoms with Gasteiger partial charge in [-0.25, -0.2) is 4.98 Å². The Kier molecular flexibility index (Phi) is 5.84. The van der Waals surface area contributed by atoms with Crippen LogP contribution in [0.25, 0.3) is 11.0 Å². The maximum Gasteiger partial charge on any atom is 0.255 e. The van der Waals surface area contributed by atoms with Gasteiger partial charge >= 0.3 is 0 Å². The standard InChI is InChI=1S/C25H21N7OS/c1-15-3-6-20(7-4-15)29-25-26-16(2)13-23(30-25)27-18-8-10-19(11-9-18)28-24(33)17-5-12-21-22(14-17)32-34-31-21/h3-14H,1-2H3,(H,28,33)(H2,26,27,29,30). The number of fused-ring (bicyclic) bond motifs is 1. The van der Waals surface area contributed by atoms with E-state index in [1.54, 1.807) is 18.2 Å². The number of carbonyl (C=O) groups is 1. The molecule has 3 N–H and O–H groups in total. The van der Waals surface area contributed by atoms with Crippen LogP contribution in [0.15, 0.2) is 72.8 Å². The largest absolute Gasteiger partial charge is 0.340 e. The van der Waals surface area contributed by atoms with E-state index in [1.807, 2.05) is 68.4 Å². The van der Waals surface area contributed by atoms with Crippen molar-refractivity contribution in [2.24, 2.45) is 0 Å². The Morgan fingerprint density at radius 3 is 2.21 bits per heavy atom. The van der Waals surface area contributed by atoms with Crippen LogP contribution < -0.4 is 16.0 Å². The summed E-state index contributed by atoms with van der Waals surface area (Å²) in [6, 6.07) is 22.6. The van der Waals surface area contributed by atoms with Gasteiger partial charge in [-0.15, -0.1) is 0 Å². The Morgan fingerprint density at radius 2 is 1.41 bits per heavy atom. The molecule has 0 saturated heterocycles. The van der Waals surface area contributed by atoms with Gasteiger partial charge in [-0.1, -0.05) is 17.7 Å². The minimum Gasteiger partial charge on any atom is -0.340 e. The molecular formula is C25H21N7OS. The monoisotopic (exact) mass is 467 g/mol. The minimum absolute atomic E-state index is 0.200. The highest BCUT2D eigenvalue weighted by Gasteiger charge is 2.09. The smallest absolute Gasteiger partial charge is 0.255 e. The van der Waals surface area contributed by atoms with E-state index in [1.165, 1.54) is 5.56 Å². The van der Waals surface area contributed by atoms with Gasteiger partial charge in [0, 0.05) is 34.4 Å². The number of hydrogen-bond donors (Lipinski definition) is 3. The third-order valence-electron chi connectivity index (χ3n) is 5.09. The van der Waals surface area contributed by atoms with Crippen LogP contribution in [0.3, 0.4) is 0 Å². The van der Waals surface area contributed by atoms with E-state index in [2.05, 4.69) is 34.7 Å². The first kappa shape index (κ1) is 21.5. The number of rotatable bonds is 6. The molecule has 9 heteroatoms. The molecular weight excluding hydrogens is 446 g/mol. The van der Waals surface area contributed by atoms with E-state index in [0.717, 1.165) is 34.3 Å². The number of hydrogen-bond acceptors (Lipinski definition) is 8. The van der Waals surface area contributed by atoms with E-state index in [0.29, 0.717) is 28.5 Å². The highest BCUT2D eigenvalue weighted by atomic mass is 32.1. The molecule has 1 amide bonds. The summed E-state index contributed by atoms with van der Waals surface area (Å²) in [7, 11) is 0. The van der Waals surface area contributed by atoms with Gasteiger partial charge in [-0.3, -0.25) is 4.79 Å². The Bertz CT molecular complexity index is 1460. The lowest BCUT2D eigenvalue weighted by Crippen LogP contribution is -2.11. The van der Waals surface area contributed by atoms with E-state index in [-0.39, 0.29) is 5.91 Å². The molecule has 5 rings (SSSR count). The summed E-state index contributed by atoms with van der Waals surface area (Å²) in [5, 5.41) is 9.44. The van der Waals surface area contributed by atoms with Crippen LogP contribution in [-0.2, 0) is 0 Å². The van der Waals surface area contributed by atoms with Crippen molar-refractivity contribution in [1.82, 2.24) is 18.7 Å². The molecule has 0 fully saturated rings. The van der Waals surface area contributed by atoms with Crippen LogP contribution in [0.5, 0.6) is 0 Å². The lowest BCUT2D eigenvalue weighted by Gasteiger charge is -2.11. The zero-order chi connectivity index (χ0) is 23.5. The number of aryl methyl sites for hydroxylation is 2. The quantitative estimate of drug-likeness (QED) is 0.288.